The van der Waals surface area contributed by atoms with Gasteiger partial charge in [0.2, 0.25) is 0 Å². The summed E-state index contributed by atoms with van der Waals surface area (Å²) < 4.78 is 12.3. The summed E-state index contributed by atoms with van der Waals surface area (Å²) >= 11 is 0. The van der Waals surface area contributed by atoms with E-state index in [9.17, 15) is 14.7 Å². The number of ether oxygens (including phenoxy) is 2. The Labute approximate surface area is 164 Å². The molecule has 28 heavy (non-hydrogen) atoms. The van der Waals surface area contributed by atoms with Gasteiger partial charge in [-0.3, -0.25) is 4.79 Å². The molecule has 8 heteroatoms. The number of aliphatic carboxylic acids is 1. The normalized spacial score (nSPS) is 12.5. The number of carboxylic acid groups (broad SMARTS) is 1. The van der Waals surface area contributed by atoms with Gasteiger partial charge in [0.1, 0.15) is 11.8 Å². The van der Waals surface area contributed by atoms with Gasteiger partial charge in [0, 0.05) is 18.7 Å². The number of methoxy groups -OCH3 is 1. The van der Waals surface area contributed by atoms with E-state index in [1.54, 1.807) is 30.0 Å². The van der Waals surface area contributed by atoms with Crippen molar-refractivity contribution in [3.63, 3.8) is 0 Å². The number of carbonyl (C=O) groups is 2. The fourth-order valence-corrected chi connectivity index (χ4v) is 2.54. The molecule has 1 heterocycles. The quantitative estimate of drug-likeness (QED) is 0.719. The zero-order valence-corrected chi connectivity index (χ0v) is 16.9. The zero-order valence-electron chi connectivity index (χ0n) is 16.9. The molecule has 0 spiro atoms. The van der Waals surface area contributed by atoms with Crippen LogP contribution in [0.2, 0.25) is 0 Å². The molecular formula is C20H27N3O5. The van der Waals surface area contributed by atoms with Crippen molar-refractivity contribution in [2.45, 2.75) is 45.8 Å². The van der Waals surface area contributed by atoms with Crippen LogP contribution in [0.25, 0.3) is 5.69 Å². The average Bonchev–Trinajstić information content (AvgIpc) is 3.01. The number of nitrogens with one attached hydrogen (secondary N) is 1. The minimum Gasteiger partial charge on any atom is -0.497 e. The van der Waals surface area contributed by atoms with Crippen molar-refractivity contribution in [1.29, 1.82) is 0 Å². The summed E-state index contributed by atoms with van der Waals surface area (Å²) in [4.78, 5) is 24.0. The van der Waals surface area contributed by atoms with Crippen LogP contribution in [0, 0.1) is 6.92 Å². The highest BCUT2D eigenvalue weighted by atomic mass is 16.5. The van der Waals surface area contributed by atoms with Gasteiger partial charge in [0.25, 0.3) is 5.91 Å². The number of aromatic nitrogens is 2. The van der Waals surface area contributed by atoms with Gasteiger partial charge < -0.3 is 19.9 Å². The fourth-order valence-electron chi connectivity index (χ4n) is 2.54. The van der Waals surface area contributed by atoms with E-state index in [0.29, 0.717) is 5.75 Å². The van der Waals surface area contributed by atoms with Crippen LogP contribution >= 0.6 is 0 Å². The van der Waals surface area contributed by atoms with Crippen LogP contribution < -0.4 is 10.1 Å². The largest absolute Gasteiger partial charge is 0.497 e. The standard InChI is InChI=1S/C20H27N3O5/c1-13-12-17(22-23(13)14-6-8-15(27-5)9-7-14)18(24)21-16(19(25)26)10-11-28-20(2,3)4/h6-9,12,16H,10-11H2,1-5H3,(H,21,24)(H,25,26). The van der Waals surface area contributed by atoms with Crippen molar-refractivity contribution >= 4 is 11.9 Å². The molecular weight excluding hydrogens is 362 g/mol. The van der Waals surface area contributed by atoms with Crippen molar-refractivity contribution in [3.05, 3.63) is 41.7 Å². The highest BCUT2D eigenvalue weighted by Crippen LogP contribution is 2.17. The molecule has 8 nitrogen and oxygen atoms in total. The maximum absolute atomic E-state index is 12.5. The van der Waals surface area contributed by atoms with Gasteiger partial charge in [0.15, 0.2) is 5.69 Å². The Morgan fingerprint density at radius 3 is 2.43 bits per heavy atom. The summed E-state index contributed by atoms with van der Waals surface area (Å²) in [6.07, 6.45) is 0.163. The Bertz CT molecular complexity index is 821. The molecule has 0 saturated heterocycles. The summed E-state index contributed by atoms with van der Waals surface area (Å²) in [5.41, 5.74) is 1.29. The van der Waals surface area contributed by atoms with E-state index < -0.39 is 17.9 Å². The van der Waals surface area contributed by atoms with Crippen LogP contribution in [-0.2, 0) is 9.53 Å². The molecule has 2 N–H and O–H groups in total. The molecule has 1 atom stereocenters. The van der Waals surface area contributed by atoms with E-state index in [-0.39, 0.29) is 24.3 Å². The molecule has 0 fully saturated rings. The number of benzene rings is 1. The van der Waals surface area contributed by atoms with Gasteiger partial charge in [-0.05, 0) is 58.0 Å². The number of aryl methyl sites for hydroxylation is 1. The molecule has 0 bridgehead atoms. The lowest BCUT2D eigenvalue weighted by molar-refractivity contribution is -0.140. The van der Waals surface area contributed by atoms with Crippen LogP contribution in [-0.4, -0.2) is 52.1 Å². The Hall–Kier alpha value is -2.87. The van der Waals surface area contributed by atoms with Crippen LogP contribution in [0.15, 0.2) is 30.3 Å². The second kappa shape index (κ2) is 8.88. The van der Waals surface area contributed by atoms with Crippen LogP contribution in [0.5, 0.6) is 5.75 Å². The predicted molar refractivity (Wildman–Crippen MR) is 104 cm³/mol. The van der Waals surface area contributed by atoms with E-state index in [1.807, 2.05) is 39.8 Å². The fraction of sp³-hybridized carbons (Fsp3) is 0.450. The maximum atomic E-state index is 12.5. The topological polar surface area (TPSA) is 103 Å². The second-order valence-corrected chi connectivity index (χ2v) is 7.39. The lowest BCUT2D eigenvalue weighted by atomic mass is 10.1. The second-order valence-electron chi connectivity index (χ2n) is 7.39. The van der Waals surface area contributed by atoms with Gasteiger partial charge in [-0.1, -0.05) is 0 Å². The third kappa shape index (κ3) is 5.82. The average molecular weight is 389 g/mol. The molecule has 0 saturated carbocycles. The number of carboxylic acids is 1. The summed E-state index contributed by atoms with van der Waals surface area (Å²) in [7, 11) is 1.59. The minimum absolute atomic E-state index is 0.149. The van der Waals surface area contributed by atoms with Crippen molar-refractivity contribution in [2.75, 3.05) is 13.7 Å². The summed E-state index contributed by atoms with van der Waals surface area (Å²) in [5.74, 6) is -0.941. The molecule has 0 radical (unpaired) electrons. The first-order valence-electron chi connectivity index (χ1n) is 8.99. The van der Waals surface area contributed by atoms with Gasteiger partial charge >= 0.3 is 5.97 Å². The van der Waals surface area contributed by atoms with E-state index in [4.69, 9.17) is 9.47 Å². The van der Waals surface area contributed by atoms with Gasteiger partial charge in [-0.25, -0.2) is 9.48 Å². The predicted octanol–water partition coefficient (Wildman–Crippen LogP) is 2.58. The monoisotopic (exact) mass is 389 g/mol. The number of rotatable bonds is 8. The smallest absolute Gasteiger partial charge is 0.326 e. The van der Waals surface area contributed by atoms with E-state index in [0.717, 1.165) is 11.4 Å². The van der Waals surface area contributed by atoms with Gasteiger partial charge in [-0.2, -0.15) is 5.10 Å². The first-order valence-corrected chi connectivity index (χ1v) is 8.99. The summed E-state index contributed by atoms with van der Waals surface area (Å²) in [6, 6.07) is 7.80. The van der Waals surface area contributed by atoms with E-state index in [2.05, 4.69) is 10.4 Å². The molecule has 1 aromatic heterocycles. The zero-order chi connectivity index (χ0) is 20.9. The number of hydrogen-bond donors (Lipinski definition) is 2. The molecule has 0 aliphatic rings. The Morgan fingerprint density at radius 1 is 1.25 bits per heavy atom. The number of carbonyl (C=O) groups excluding carboxylic acids is 1. The maximum Gasteiger partial charge on any atom is 0.326 e. The molecule has 1 amide bonds. The SMILES string of the molecule is COc1ccc(-n2nc(C(=O)NC(CCOC(C)(C)C)C(=O)O)cc2C)cc1. The molecule has 0 aliphatic carbocycles. The number of hydrogen-bond acceptors (Lipinski definition) is 5. The minimum atomic E-state index is -1.11. The van der Waals surface area contributed by atoms with Crippen LogP contribution in [0.1, 0.15) is 43.4 Å². The van der Waals surface area contributed by atoms with Crippen LogP contribution in [0.4, 0.5) is 0 Å². The molecule has 1 aromatic carbocycles. The highest BCUT2D eigenvalue weighted by Gasteiger charge is 2.23. The third-order valence-corrected chi connectivity index (χ3v) is 3.98. The first-order chi connectivity index (χ1) is 13.1. The van der Waals surface area contributed by atoms with Crippen LogP contribution in [0.3, 0.4) is 0 Å². The number of nitrogens with zero attached hydrogens (tertiary/aromatic N) is 2. The lowest BCUT2D eigenvalue weighted by Gasteiger charge is -2.21. The van der Waals surface area contributed by atoms with Crippen molar-refractivity contribution in [3.8, 4) is 11.4 Å². The molecule has 1 unspecified atom stereocenters. The highest BCUT2D eigenvalue weighted by molar-refractivity contribution is 5.95. The lowest BCUT2D eigenvalue weighted by Crippen LogP contribution is -2.42. The number of amides is 1. The third-order valence-electron chi connectivity index (χ3n) is 3.98. The van der Waals surface area contributed by atoms with Crippen molar-refractivity contribution in [1.82, 2.24) is 15.1 Å². The van der Waals surface area contributed by atoms with E-state index >= 15 is 0 Å². The van der Waals surface area contributed by atoms with Gasteiger partial charge in [0.05, 0.1) is 18.4 Å². The van der Waals surface area contributed by atoms with Crippen molar-refractivity contribution < 1.29 is 24.2 Å². The summed E-state index contributed by atoms with van der Waals surface area (Å²) in [6.45, 7) is 7.70. The van der Waals surface area contributed by atoms with E-state index in [1.165, 1.54) is 0 Å². The van der Waals surface area contributed by atoms with Gasteiger partial charge in [-0.15, -0.1) is 0 Å². The van der Waals surface area contributed by atoms with Crippen molar-refractivity contribution in [2.24, 2.45) is 0 Å². The molecule has 2 rings (SSSR count). The Balaban J connectivity index is 2.09. The molecule has 0 aliphatic heterocycles. The molecule has 152 valence electrons. The molecule has 2 aromatic rings. The first kappa shape index (κ1) is 21.4. The Morgan fingerprint density at radius 2 is 1.89 bits per heavy atom. The Kier molecular flexibility index (Phi) is 6.80. The summed E-state index contributed by atoms with van der Waals surface area (Å²) in [5, 5.41) is 16.2.